The largest absolute Gasteiger partial charge is 0.478 e. The Morgan fingerprint density at radius 2 is 1.50 bits per heavy atom. The molecule has 0 fully saturated rings. The van der Waals surface area contributed by atoms with Crippen LogP contribution in [0.25, 0.3) is 0 Å². The van der Waals surface area contributed by atoms with Crippen molar-refractivity contribution in [3.8, 4) is 0 Å². The van der Waals surface area contributed by atoms with Crippen LogP contribution in [0.3, 0.4) is 0 Å². The Labute approximate surface area is 159 Å². The number of hydrogen-bond donors (Lipinski definition) is 1. The van der Waals surface area contributed by atoms with E-state index in [0.717, 1.165) is 6.67 Å². The summed E-state index contributed by atoms with van der Waals surface area (Å²) in [5, 5.41) is 8.38. The number of nitrogens with zero attached hydrogens (tertiary/aromatic N) is 2. The minimum Gasteiger partial charge on any atom is -0.478 e. The number of carbonyl (C=O) groups is 1. The van der Waals surface area contributed by atoms with Crippen LogP contribution in [-0.2, 0) is 0 Å². The van der Waals surface area contributed by atoms with Gasteiger partial charge in [-0.1, -0.05) is 76.5 Å². The molecule has 1 aromatic carbocycles. The van der Waals surface area contributed by atoms with Crippen molar-refractivity contribution in [3.63, 3.8) is 0 Å². The lowest BCUT2D eigenvalue weighted by atomic mass is 10.1. The highest BCUT2D eigenvalue weighted by atomic mass is 16.4. The standard InChI is InChI=1S/C15H30N2.C7H6O2/c1-3-4-5-6-7-8-9-10-11-12-17-14-13-16(2)15-17;8-7(9)6-4-2-1-3-5-6/h13-14H,3-12,15H2,1-2H3;1-5H,(H,8,9). The Kier molecular flexibility index (Phi) is 12.1. The van der Waals surface area contributed by atoms with Gasteiger partial charge in [-0.3, -0.25) is 0 Å². The van der Waals surface area contributed by atoms with E-state index in [9.17, 15) is 4.79 Å². The normalized spacial score (nSPS) is 12.8. The summed E-state index contributed by atoms with van der Waals surface area (Å²) in [5.41, 5.74) is 0.331. The molecule has 26 heavy (non-hydrogen) atoms. The third-order valence-corrected chi connectivity index (χ3v) is 4.51. The molecule has 0 saturated carbocycles. The minimum atomic E-state index is -0.879. The van der Waals surface area contributed by atoms with Crippen molar-refractivity contribution in [3.05, 3.63) is 48.3 Å². The number of unbranched alkanes of at least 4 members (excludes halogenated alkanes) is 8. The molecule has 1 aromatic rings. The van der Waals surface area contributed by atoms with Gasteiger partial charge in [0, 0.05) is 26.0 Å². The van der Waals surface area contributed by atoms with Crippen LogP contribution in [0.1, 0.15) is 75.1 Å². The second kappa shape index (κ2) is 14.2. The second-order valence-corrected chi connectivity index (χ2v) is 7.01. The quantitative estimate of drug-likeness (QED) is 0.523. The van der Waals surface area contributed by atoms with Gasteiger partial charge in [-0.15, -0.1) is 0 Å². The predicted octanol–water partition coefficient (Wildman–Crippen LogP) is 5.58. The van der Waals surface area contributed by atoms with Crippen molar-refractivity contribution >= 4 is 5.97 Å². The van der Waals surface area contributed by atoms with Gasteiger partial charge in [-0.25, -0.2) is 4.79 Å². The molecule has 0 spiro atoms. The molecule has 0 saturated heterocycles. The van der Waals surface area contributed by atoms with Crippen LogP contribution in [-0.4, -0.2) is 41.1 Å². The molecular weight excluding hydrogens is 324 g/mol. The van der Waals surface area contributed by atoms with Crippen LogP contribution in [0, 0.1) is 0 Å². The number of rotatable bonds is 11. The highest BCUT2D eigenvalue weighted by Gasteiger charge is 2.06. The first kappa shape index (κ1) is 22.1. The summed E-state index contributed by atoms with van der Waals surface area (Å²) in [7, 11) is 2.13. The molecule has 0 aromatic heterocycles. The third-order valence-electron chi connectivity index (χ3n) is 4.51. The molecule has 0 atom stereocenters. The van der Waals surface area contributed by atoms with Crippen LogP contribution in [0.15, 0.2) is 42.7 Å². The fourth-order valence-corrected chi connectivity index (χ4v) is 2.94. The van der Waals surface area contributed by atoms with E-state index >= 15 is 0 Å². The van der Waals surface area contributed by atoms with Gasteiger partial charge in [-0.2, -0.15) is 0 Å². The third kappa shape index (κ3) is 10.8. The summed E-state index contributed by atoms with van der Waals surface area (Å²) in [6.07, 6.45) is 17.1. The molecule has 0 aliphatic carbocycles. The van der Waals surface area contributed by atoms with Crippen molar-refractivity contribution in [2.75, 3.05) is 20.3 Å². The number of carboxylic acids is 1. The molecule has 4 heteroatoms. The molecule has 4 nitrogen and oxygen atoms in total. The lowest BCUT2D eigenvalue weighted by Gasteiger charge is -2.17. The van der Waals surface area contributed by atoms with Crippen LogP contribution >= 0.6 is 0 Å². The van der Waals surface area contributed by atoms with Gasteiger partial charge in [0.1, 0.15) is 0 Å². The highest BCUT2D eigenvalue weighted by Crippen LogP contribution is 2.11. The van der Waals surface area contributed by atoms with Crippen molar-refractivity contribution < 1.29 is 9.90 Å². The van der Waals surface area contributed by atoms with Gasteiger partial charge in [0.25, 0.3) is 0 Å². The maximum Gasteiger partial charge on any atom is 0.335 e. The van der Waals surface area contributed by atoms with E-state index in [1.54, 1.807) is 30.3 Å². The van der Waals surface area contributed by atoms with Gasteiger partial charge in [0.15, 0.2) is 0 Å². The molecule has 0 unspecified atom stereocenters. The zero-order valence-corrected chi connectivity index (χ0v) is 16.6. The average Bonchev–Trinajstić information content (AvgIpc) is 3.07. The van der Waals surface area contributed by atoms with Crippen LogP contribution < -0.4 is 0 Å². The Morgan fingerprint density at radius 1 is 0.923 bits per heavy atom. The predicted molar refractivity (Wildman–Crippen MR) is 109 cm³/mol. The molecule has 0 amide bonds. The molecule has 1 heterocycles. The van der Waals surface area contributed by atoms with E-state index < -0.39 is 5.97 Å². The molecule has 1 aliphatic rings. The summed E-state index contributed by atoms with van der Waals surface area (Å²) in [4.78, 5) is 14.8. The average molecular weight is 361 g/mol. The Bertz CT molecular complexity index is 502. The fourth-order valence-electron chi connectivity index (χ4n) is 2.94. The molecule has 1 aliphatic heterocycles. The lowest BCUT2D eigenvalue weighted by molar-refractivity contribution is 0.0697. The summed E-state index contributed by atoms with van der Waals surface area (Å²) in [6.45, 7) is 4.60. The summed E-state index contributed by atoms with van der Waals surface area (Å²) < 4.78 is 0. The topological polar surface area (TPSA) is 43.8 Å². The summed E-state index contributed by atoms with van der Waals surface area (Å²) in [5.74, 6) is -0.879. The number of hydrogen-bond acceptors (Lipinski definition) is 3. The maximum absolute atomic E-state index is 10.2. The van der Waals surface area contributed by atoms with E-state index in [-0.39, 0.29) is 0 Å². The van der Waals surface area contributed by atoms with Crippen molar-refractivity contribution in [1.82, 2.24) is 9.80 Å². The van der Waals surface area contributed by atoms with Crippen LogP contribution in [0.2, 0.25) is 0 Å². The molecule has 0 bridgehead atoms. The molecule has 2 rings (SSSR count). The first-order valence-corrected chi connectivity index (χ1v) is 10.0. The van der Waals surface area contributed by atoms with Crippen LogP contribution in [0.4, 0.5) is 0 Å². The summed E-state index contributed by atoms with van der Waals surface area (Å²) in [6, 6.07) is 8.30. The maximum atomic E-state index is 10.2. The smallest absolute Gasteiger partial charge is 0.335 e. The van der Waals surface area contributed by atoms with Crippen molar-refractivity contribution in [2.24, 2.45) is 0 Å². The Balaban J connectivity index is 0.000000314. The second-order valence-electron chi connectivity index (χ2n) is 7.01. The Morgan fingerprint density at radius 3 is 1.96 bits per heavy atom. The van der Waals surface area contributed by atoms with Crippen molar-refractivity contribution in [1.29, 1.82) is 0 Å². The van der Waals surface area contributed by atoms with E-state index in [0.29, 0.717) is 5.56 Å². The van der Waals surface area contributed by atoms with Gasteiger partial charge >= 0.3 is 5.97 Å². The monoisotopic (exact) mass is 360 g/mol. The summed E-state index contributed by atoms with van der Waals surface area (Å²) >= 11 is 0. The van der Waals surface area contributed by atoms with Gasteiger partial charge in [0.2, 0.25) is 0 Å². The zero-order chi connectivity index (χ0) is 19.0. The van der Waals surface area contributed by atoms with Crippen LogP contribution in [0.5, 0.6) is 0 Å². The van der Waals surface area contributed by atoms with Gasteiger partial charge in [-0.05, 0) is 18.6 Å². The van der Waals surface area contributed by atoms with Crippen molar-refractivity contribution in [2.45, 2.75) is 64.7 Å². The SMILES string of the molecule is CCCCCCCCCCCN1C=CN(C)C1.O=C(O)c1ccccc1. The minimum absolute atomic E-state index is 0.331. The molecule has 1 N–H and O–H groups in total. The zero-order valence-electron chi connectivity index (χ0n) is 16.6. The first-order chi connectivity index (χ1) is 12.6. The van der Waals surface area contributed by atoms with E-state index in [2.05, 4.69) is 36.2 Å². The number of benzene rings is 1. The molecular formula is C22H36N2O2. The lowest BCUT2D eigenvalue weighted by Crippen LogP contribution is -2.23. The number of carboxylic acid groups (broad SMARTS) is 1. The van der Waals surface area contributed by atoms with E-state index in [1.165, 1.54) is 64.3 Å². The first-order valence-electron chi connectivity index (χ1n) is 10.0. The molecule has 0 radical (unpaired) electrons. The van der Waals surface area contributed by atoms with Gasteiger partial charge < -0.3 is 14.9 Å². The number of aromatic carboxylic acids is 1. The van der Waals surface area contributed by atoms with E-state index in [1.807, 2.05) is 0 Å². The highest BCUT2D eigenvalue weighted by molar-refractivity contribution is 5.87. The molecule has 146 valence electrons. The fraction of sp³-hybridized carbons (Fsp3) is 0.591. The van der Waals surface area contributed by atoms with E-state index in [4.69, 9.17) is 5.11 Å². The Hall–Kier alpha value is -1.97. The van der Waals surface area contributed by atoms with Gasteiger partial charge in [0.05, 0.1) is 12.2 Å².